The van der Waals surface area contributed by atoms with E-state index in [0.29, 0.717) is 11.7 Å². The van der Waals surface area contributed by atoms with Crippen LogP contribution in [0.25, 0.3) is 0 Å². The minimum atomic E-state index is 0.403. The van der Waals surface area contributed by atoms with Crippen molar-refractivity contribution < 1.29 is 4.79 Å². The molecule has 1 aromatic heterocycles. The van der Waals surface area contributed by atoms with Crippen LogP contribution in [0.5, 0.6) is 0 Å². The van der Waals surface area contributed by atoms with Gasteiger partial charge in [0, 0.05) is 19.6 Å². The van der Waals surface area contributed by atoms with Crippen molar-refractivity contribution in [2.75, 3.05) is 19.6 Å². The maximum absolute atomic E-state index is 10.5. The highest BCUT2D eigenvalue weighted by Gasteiger charge is 2.30. The van der Waals surface area contributed by atoms with E-state index in [-0.39, 0.29) is 0 Å². The van der Waals surface area contributed by atoms with Crippen LogP contribution in [0.2, 0.25) is 0 Å². The SMILES string of the molecule is O=Cc1cn([C@@H]2CCN(CC3CC3)C2)nn1. The first-order chi connectivity index (χ1) is 7.85. The zero-order valence-electron chi connectivity index (χ0n) is 9.25. The van der Waals surface area contributed by atoms with E-state index in [2.05, 4.69) is 15.2 Å². The molecule has 86 valence electrons. The van der Waals surface area contributed by atoms with Crippen molar-refractivity contribution in [2.45, 2.75) is 25.3 Å². The number of hydrogen-bond donors (Lipinski definition) is 0. The fourth-order valence-electron chi connectivity index (χ4n) is 2.38. The molecule has 1 saturated carbocycles. The van der Waals surface area contributed by atoms with Crippen molar-refractivity contribution in [3.8, 4) is 0 Å². The zero-order chi connectivity index (χ0) is 11.0. The third-order valence-electron chi connectivity index (χ3n) is 3.48. The van der Waals surface area contributed by atoms with Gasteiger partial charge in [0.2, 0.25) is 0 Å². The molecule has 2 aliphatic rings. The van der Waals surface area contributed by atoms with Crippen LogP contribution in [-0.4, -0.2) is 45.8 Å². The molecule has 0 amide bonds. The van der Waals surface area contributed by atoms with Gasteiger partial charge in [-0.05, 0) is 25.2 Å². The van der Waals surface area contributed by atoms with Crippen LogP contribution in [0, 0.1) is 5.92 Å². The Morgan fingerprint density at radius 1 is 1.44 bits per heavy atom. The van der Waals surface area contributed by atoms with Crippen molar-refractivity contribution >= 4 is 6.29 Å². The third kappa shape index (κ3) is 2.00. The molecule has 0 N–H and O–H groups in total. The van der Waals surface area contributed by atoms with E-state index in [9.17, 15) is 4.79 Å². The van der Waals surface area contributed by atoms with E-state index in [4.69, 9.17) is 0 Å². The minimum absolute atomic E-state index is 0.403. The molecular weight excluding hydrogens is 204 g/mol. The molecule has 0 radical (unpaired) electrons. The van der Waals surface area contributed by atoms with Crippen LogP contribution in [0.4, 0.5) is 0 Å². The summed E-state index contributed by atoms with van der Waals surface area (Å²) in [5, 5.41) is 7.81. The second-order valence-corrected chi connectivity index (χ2v) is 4.89. The predicted molar refractivity (Wildman–Crippen MR) is 58.2 cm³/mol. The Morgan fingerprint density at radius 2 is 2.31 bits per heavy atom. The second kappa shape index (κ2) is 3.97. The average molecular weight is 220 g/mol. The van der Waals surface area contributed by atoms with Crippen LogP contribution < -0.4 is 0 Å². The van der Waals surface area contributed by atoms with Crippen molar-refractivity contribution in [3.63, 3.8) is 0 Å². The van der Waals surface area contributed by atoms with Gasteiger partial charge in [0.25, 0.3) is 0 Å². The van der Waals surface area contributed by atoms with Crippen LogP contribution in [0.15, 0.2) is 6.20 Å². The molecule has 0 bridgehead atoms. The van der Waals surface area contributed by atoms with Gasteiger partial charge >= 0.3 is 0 Å². The Labute approximate surface area is 94.4 Å². The summed E-state index contributed by atoms with van der Waals surface area (Å²) in [6, 6.07) is 0.403. The van der Waals surface area contributed by atoms with E-state index in [1.807, 2.05) is 4.68 Å². The summed E-state index contributed by atoms with van der Waals surface area (Å²) < 4.78 is 1.84. The van der Waals surface area contributed by atoms with E-state index < -0.39 is 0 Å². The van der Waals surface area contributed by atoms with Gasteiger partial charge in [-0.2, -0.15) is 0 Å². The Bertz CT molecular complexity index is 385. The molecule has 2 heterocycles. The molecule has 5 nitrogen and oxygen atoms in total. The molecule has 2 fully saturated rings. The van der Waals surface area contributed by atoms with Crippen molar-refractivity contribution in [2.24, 2.45) is 5.92 Å². The van der Waals surface area contributed by atoms with Crippen molar-refractivity contribution in [3.05, 3.63) is 11.9 Å². The standard InChI is InChI=1S/C11H16N4O/c16-8-10-6-15(13-12-10)11-3-4-14(7-11)5-9-1-2-9/h6,8-9,11H,1-5,7H2/t11-/m1/s1. The van der Waals surface area contributed by atoms with Crippen molar-refractivity contribution in [1.82, 2.24) is 19.9 Å². The summed E-state index contributed by atoms with van der Waals surface area (Å²) in [6.45, 7) is 3.45. The van der Waals surface area contributed by atoms with Crippen LogP contribution in [0.3, 0.4) is 0 Å². The number of aromatic nitrogens is 3. The molecule has 0 unspecified atom stereocenters. The summed E-state index contributed by atoms with van der Waals surface area (Å²) in [6.07, 6.45) is 6.42. The first kappa shape index (κ1) is 9.96. The number of carbonyl (C=O) groups is 1. The van der Waals surface area contributed by atoms with E-state index in [0.717, 1.165) is 31.7 Å². The van der Waals surface area contributed by atoms with Gasteiger partial charge in [-0.25, -0.2) is 4.68 Å². The summed E-state index contributed by atoms with van der Waals surface area (Å²) >= 11 is 0. The molecule has 0 aromatic carbocycles. The van der Waals surface area contributed by atoms with Crippen molar-refractivity contribution in [1.29, 1.82) is 0 Å². The average Bonchev–Trinajstić information content (AvgIpc) is 2.83. The molecule has 16 heavy (non-hydrogen) atoms. The number of carbonyl (C=O) groups excluding carboxylic acids is 1. The normalized spacial score (nSPS) is 26.1. The van der Waals surface area contributed by atoms with E-state index >= 15 is 0 Å². The monoisotopic (exact) mass is 220 g/mol. The lowest BCUT2D eigenvalue weighted by atomic mass is 10.3. The van der Waals surface area contributed by atoms with Gasteiger partial charge in [-0.3, -0.25) is 4.79 Å². The molecule has 0 spiro atoms. The molecule has 1 saturated heterocycles. The van der Waals surface area contributed by atoms with Gasteiger partial charge in [-0.1, -0.05) is 5.21 Å². The lowest BCUT2D eigenvalue weighted by Crippen LogP contribution is -2.24. The van der Waals surface area contributed by atoms with Gasteiger partial charge in [0.1, 0.15) is 5.69 Å². The first-order valence-corrected chi connectivity index (χ1v) is 5.94. The number of hydrogen-bond acceptors (Lipinski definition) is 4. The Hall–Kier alpha value is -1.23. The molecule has 1 aromatic rings. The molecule has 1 aliphatic carbocycles. The Balaban J connectivity index is 1.61. The predicted octanol–water partition coefficient (Wildman–Crippen LogP) is 0.747. The fourth-order valence-corrected chi connectivity index (χ4v) is 2.38. The number of rotatable bonds is 4. The Kier molecular flexibility index (Phi) is 2.47. The largest absolute Gasteiger partial charge is 0.301 e. The number of nitrogens with zero attached hydrogens (tertiary/aromatic N) is 4. The van der Waals surface area contributed by atoms with Crippen LogP contribution in [-0.2, 0) is 0 Å². The van der Waals surface area contributed by atoms with Gasteiger partial charge in [0.05, 0.1) is 12.2 Å². The first-order valence-electron chi connectivity index (χ1n) is 5.94. The fraction of sp³-hybridized carbons (Fsp3) is 0.727. The molecule has 1 atom stereocenters. The van der Waals surface area contributed by atoms with Gasteiger partial charge in [0.15, 0.2) is 6.29 Å². The molecule has 3 rings (SSSR count). The molecular formula is C11H16N4O. The number of likely N-dealkylation sites (tertiary alicyclic amines) is 1. The van der Waals surface area contributed by atoms with Crippen LogP contribution in [0.1, 0.15) is 35.8 Å². The molecule has 1 aliphatic heterocycles. The van der Waals surface area contributed by atoms with Crippen LogP contribution >= 0.6 is 0 Å². The highest BCUT2D eigenvalue weighted by atomic mass is 16.1. The quantitative estimate of drug-likeness (QED) is 0.702. The minimum Gasteiger partial charge on any atom is -0.301 e. The van der Waals surface area contributed by atoms with E-state index in [1.165, 1.54) is 19.4 Å². The smallest absolute Gasteiger partial charge is 0.171 e. The third-order valence-corrected chi connectivity index (χ3v) is 3.48. The maximum atomic E-state index is 10.5. The Morgan fingerprint density at radius 3 is 3.00 bits per heavy atom. The maximum Gasteiger partial charge on any atom is 0.171 e. The summed E-state index contributed by atoms with van der Waals surface area (Å²) in [5.41, 5.74) is 0.431. The second-order valence-electron chi connectivity index (χ2n) is 4.89. The van der Waals surface area contributed by atoms with Gasteiger partial charge < -0.3 is 4.90 Å². The highest BCUT2D eigenvalue weighted by Crippen LogP contribution is 2.32. The topological polar surface area (TPSA) is 51.0 Å². The van der Waals surface area contributed by atoms with Gasteiger partial charge in [-0.15, -0.1) is 5.10 Å². The lowest BCUT2D eigenvalue weighted by molar-refractivity contribution is 0.111. The van der Waals surface area contributed by atoms with E-state index in [1.54, 1.807) is 6.20 Å². The summed E-state index contributed by atoms with van der Waals surface area (Å²) in [7, 11) is 0. The summed E-state index contributed by atoms with van der Waals surface area (Å²) in [4.78, 5) is 13.0. The molecule has 5 heteroatoms. The highest BCUT2D eigenvalue weighted by molar-refractivity contribution is 5.70. The summed E-state index contributed by atoms with van der Waals surface area (Å²) in [5.74, 6) is 0.944. The number of aldehydes is 1. The lowest BCUT2D eigenvalue weighted by Gasteiger charge is -2.14. The zero-order valence-corrected chi connectivity index (χ0v) is 9.25.